The highest BCUT2D eigenvalue weighted by atomic mass is 19.4. The number of methoxy groups -OCH3 is 2. The first kappa shape index (κ1) is 31.1. The molecule has 230 valence electrons. The molecular weight excluding hydrogens is 594 g/mol. The summed E-state index contributed by atoms with van der Waals surface area (Å²) in [5.41, 5.74) is 9.18. The minimum atomic E-state index is -5.42. The second-order valence-corrected chi connectivity index (χ2v) is 8.93. The summed E-state index contributed by atoms with van der Waals surface area (Å²) in [7, 11) is 2.60. The summed E-state index contributed by atoms with van der Waals surface area (Å²) in [6.45, 7) is 0. The Labute approximate surface area is 244 Å². The number of carbonyl (C=O) groups is 2. The molecule has 17 heteroatoms. The average molecular weight is 618 g/mol. The minimum absolute atomic E-state index is 0.0452. The molecule has 1 atom stereocenters. The van der Waals surface area contributed by atoms with Gasteiger partial charge in [0.15, 0.2) is 23.1 Å². The monoisotopic (exact) mass is 617 g/mol. The Kier molecular flexibility index (Phi) is 8.59. The molecule has 3 aromatic carbocycles. The van der Waals surface area contributed by atoms with Crippen LogP contribution in [0.15, 0.2) is 59.4 Å². The largest absolute Gasteiger partial charge is 0.493 e. The van der Waals surface area contributed by atoms with Gasteiger partial charge in [0.2, 0.25) is 0 Å². The summed E-state index contributed by atoms with van der Waals surface area (Å²) >= 11 is 0. The Bertz CT molecular complexity index is 1800. The number of hydrogen-bond acceptors (Lipinski definition) is 9. The van der Waals surface area contributed by atoms with Crippen LogP contribution in [0.3, 0.4) is 0 Å². The highest BCUT2D eigenvalue weighted by molar-refractivity contribution is 5.98. The van der Waals surface area contributed by atoms with Crippen molar-refractivity contribution in [2.24, 2.45) is 11.5 Å². The van der Waals surface area contributed by atoms with Gasteiger partial charge in [0.1, 0.15) is 23.4 Å². The van der Waals surface area contributed by atoms with E-state index in [4.69, 9.17) is 26.4 Å². The van der Waals surface area contributed by atoms with Crippen LogP contribution in [0.2, 0.25) is 0 Å². The fourth-order valence-corrected chi connectivity index (χ4v) is 4.10. The number of H-pyrrole nitrogens is 1. The molecule has 7 N–H and O–H groups in total. The zero-order chi connectivity index (χ0) is 32.3. The van der Waals surface area contributed by atoms with Gasteiger partial charge in [-0.25, -0.2) is 14.0 Å². The van der Waals surface area contributed by atoms with Crippen molar-refractivity contribution in [1.29, 1.82) is 5.41 Å². The number of aromatic amines is 1. The van der Waals surface area contributed by atoms with Crippen LogP contribution in [0.25, 0.3) is 5.69 Å². The van der Waals surface area contributed by atoms with Crippen LogP contribution in [0.5, 0.6) is 17.2 Å². The lowest BCUT2D eigenvalue weighted by atomic mass is 10.0. The van der Waals surface area contributed by atoms with Crippen LogP contribution in [-0.4, -0.2) is 52.9 Å². The number of hydrogen-bond donors (Lipinski definition) is 5. The van der Waals surface area contributed by atoms with Gasteiger partial charge in [0.25, 0.3) is 5.91 Å². The number of carbonyl (C=O) groups excluding carboxylic acids is 2. The molecule has 13 nitrogen and oxygen atoms in total. The van der Waals surface area contributed by atoms with Crippen LogP contribution in [-0.2, 0) is 4.79 Å². The zero-order valence-electron chi connectivity index (χ0n) is 22.8. The van der Waals surface area contributed by atoms with E-state index in [-0.39, 0.29) is 28.7 Å². The first-order chi connectivity index (χ1) is 20.7. The topological polar surface area (TPSA) is 200 Å². The lowest BCUT2D eigenvalue weighted by Crippen LogP contribution is -2.29. The number of amides is 1. The van der Waals surface area contributed by atoms with E-state index < -0.39 is 52.6 Å². The van der Waals surface area contributed by atoms with Crippen LogP contribution >= 0.6 is 0 Å². The number of nitrogens with one attached hydrogen (secondary N) is 3. The number of aromatic nitrogens is 3. The second kappa shape index (κ2) is 12.2. The summed E-state index contributed by atoms with van der Waals surface area (Å²) in [4.78, 5) is 39.4. The summed E-state index contributed by atoms with van der Waals surface area (Å²) in [5.74, 6) is -5.88. The van der Waals surface area contributed by atoms with Crippen LogP contribution < -0.4 is 36.7 Å². The van der Waals surface area contributed by atoms with E-state index in [1.807, 2.05) is 0 Å². The summed E-state index contributed by atoms with van der Waals surface area (Å²) in [6, 6.07) is 10.0. The van der Waals surface area contributed by atoms with E-state index in [0.717, 1.165) is 24.3 Å². The van der Waals surface area contributed by atoms with Crippen LogP contribution in [0.1, 0.15) is 33.4 Å². The molecule has 0 fully saturated rings. The van der Waals surface area contributed by atoms with Crippen LogP contribution in [0.4, 0.5) is 23.2 Å². The van der Waals surface area contributed by atoms with Crippen molar-refractivity contribution in [1.82, 2.24) is 14.8 Å². The number of nitrogens with zero attached hydrogens (tertiary/aromatic N) is 2. The van der Waals surface area contributed by atoms with E-state index in [1.54, 1.807) is 0 Å². The number of benzene rings is 3. The smallest absolute Gasteiger partial charge is 0.491 e. The molecule has 0 saturated carbocycles. The lowest BCUT2D eigenvalue weighted by molar-refractivity contribution is -0.189. The van der Waals surface area contributed by atoms with Gasteiger partial charge < -0.3 is 31.0 Å². The number of para-hydroxylation sites is 1. The lowest BCUT2D eigenvalue weighted by Gasteiger charge is -2.20. The average Bonchev–Trinajstić information content (AvgIpc) is 3.36. The maximum Gasteiger partial charge on any atom is 0.491 e. The van der Waals surface area contributed by atoms with Gasteiger partial charge in [-0.15, -0.1) is 5.10 Å². The number of amidine groups is 1. The normalized spacial score (nSPS) is 11.9. The van der Waals surface area contributed by atoms with Gasteiger partial charge >= 0.3 is 17.8 Å². The van der Waals surface area contributed by atoms with Crippen molar-refractivity contribution in [3.05, 3.63) is 93.4 Å². The second-order valence-electron chi connectivity index (χ2n) is 8.93. The number of rotatable bonds is 10. The summed E-state index contributed by atoms with van der Waals surface area (Å²) in [5, 5.41) is 14.7. The number of nitrogens with two attached hydrogens (primary N) is 2. The number of primary amides is 1. The van der Waals surface area contributed by atoms with Crippen LogP contribution in [0, 0.1) is 11.2 Å². The predicted octanol–water partition coefficient (Wildman–Crippen LogP) is 2.77. The molecule has 1 amide bonds. The fourth-order valence-electron chi connectivity index (χ4n) is 4.10. The van der Waals surface area contributed by atoms with E-state index in [1.165, 1.54) is 44.6 Å². The Morgan fingerprint density at radius 2 is 1.66 bits per heavy atom. The van der Waals surface area contributed by atoms with Crippen molar-refractivity contribution in [3.63, 3.8) is 0 Å². The maximum absolute atomic E-state index is 15.5. The molecule has 4 rings (SSSR count). The van der Waals surface area contributed by atoms with Gasteiger partial charge in [0, 0.05) is 22.9 Å². The first-order valence-electron chi connectivity index (χ1n) is 12.3. The van der Waals surface area contributed by atoms with Gasteiger partial charge in [-0.2, -0.15) is 17.9 Å². The Hall–Kier alpha value is -5.87. The summed E-state index contributed by atoms with van der Waals surface area (Å²) in [6.07, 6.45) is -5.42. The Morgan fingerprint density at radius 1 is 1.02 bits per heavy atom. The zero-order valence-corrected chi connectivity index (χ0v) is 22.8. The number of ether oxygens (including phenoxy) is 3. The molecule has 0 bridgehead atoms. The van der Waals surface area contributed by atoms with E-state index in [0.29, 0.717) is 15.9 Å². The number of nitrogen functional groups attached to an aromatic ring is 1. The van der Waals surface area contributed by atoms with Crippen molar-refractivity contribution in [3.8, 4) is 22.9 Å². The minimum Gasteiger partial charge on any atom is -0.493 e. The Morgan fingerprint density at radius 3 is 2.23 bits per heavy atom. The fraction of sp³-hybridized carbons (Fsp3) is 0.148. The molecule has 1 heterocycles. The standard InChI is InChI=1S/C27H23F4N7O6/c1-42-18-10-15(16(28)11-19(18)43-2)20(35-13-8-6-12(7-9-13)22(32)33)24-36-26(41)38(37-24)21-14(23(34)39)4-3-5-17(21)44-25(40)27(29,30)31/h3-11,20,35H,1-2H3,(H3,32,33)(H2,34,39)(H,36,37,41). The van der Waals surface area contributed by atoms with Crippen molar-refractivity contribution in [2.45, 2.75) is 12.2 Å². The molecule has 4 aromatic rings. The van der Waals surface area contributed by atoms with E-state index in [9.17, 15) is 27.6 Å². The highest BCUT2D eigenvalue weighted by Gasteiger charge is 2.42. The third kappa shape index (κ3) is 6.30. The van der Waals surface area contributed by atoms with Gasteiger partial charge in [-0.3, -0.25) is 15.2 Å². The molecule has 0 radical (unpaired) electrons. The first-order valence-corrected chi connectivity index (χ1v) is 12.3. The SMILES string of the molecule is COc1cc(F)c(C(Nc2ccc(C(=N)N)cc2)c2nn(-c3c(OC(=O)C(F)(F)F)cccc3C(N)=O)c(=O)[nH]2)cc1OC. The number of alkyl halides is 3. The number of anilines is 1. The molecule has 44 heavy (non-hydrogen) atoms. The van der Waals surface area contributed by atoms with Gasteiger partial charge in [-0.1, -0.05) is 6.07 Å². The summed E-state index contributed by atoms with van der Waals surface area (Å²) < 4.78 is 69.8. The highest BCUT2D eigenvalue weighted by Crippen LogP contribution is 2.36. The predicted molar refractivity (Wildman–Crippen MR) is 147 cm³/mol. The molecule has 0 aliphatic carbocycles. The molecule has 0 aliphatic heterocycles. The van der Waals surface area contributed by atoms with Crippen molar-refractivity contribution < 1.29 is 41.4 Å². The number of halogens is 4. The molecular formula is C27H23F4N7O6. The third-order valence-electron chi connectivity index (χ3n) is 6.14. The van der Waals surface area contributed by atoms with Crippen molar-refractivity contribution in [2.75, 3.05) is 19.5 Å². The van der Waals surface area contributed by atoms with Gasteiger partial charge in [0.05, 0.1) is 19.8 Å². The number of esters is 1. The quantitative estimate of drug-likeness (QED) is 0.0583. The van der Waals surface area contributed by atoms with Crippen molar-refractivity contribution >= 4 is 23.4 Å². The molecule has 1 unspecified atom stereocenters. The third-order valence-corrected chi connectivity index (χ3v) is 6.14. The Balaban J connectivity index is 1.92. The molecule has 0 spiro atoms. The maximum atomic E-state index is 15.5. The molecule has 0 saturated heterocycles. The molecule has 0 aliphatic rings. The van der Waals surface area contributed by atoms with E-state index >= 15 is 4.39 Å². The van der Waals surface area contributed by atoms with Gasteiger partial charge in [-0.05, 0) is 42.5 Å². The molecule has 1 aromatic heterocycles. The van der Waals surface area contributed by atoms with E-state index in [2.05, 4.69) is 20.1 Å².